The van der Waals surface area contributed by atoms with Crippen LogP contribution in [0.3, 0.4) is 0 Å². The van der Waals surface area contributed by atoms with Crippen LogP contribution in [0.1, 0.15) is 30.6 Å². The summed E-state index contributed by atoms with van der Waals surface area (Å²) in [5, 5.41) is 3.72. The van der Waals surface area contributed by atoms with Crippen LogP contribution in [0.5, 0.6) is 5.88 Å². The number of nitrogens with zero attached hydrogens (tertiary/aromatic N) is 1. The first kappa shape index (κ1) is 15.0. The molecule has 1 aromatic heterocycles. The van der Waals surface area contributed by atoms with Crippen molar-refractivity contribution in [1.82, 2.24) is 10.3 Å². The Labute approximate surface area is 116 Å². The standard InChI is InChI=1S/C13H19BrN2O2/c1-9(2)7-10(8-14)16-12(17)11-5-4-6-15-13(11)18-3/h4-6,9-10H,7-8H2,1-3H3,(H,16,17). The lowest BCUT2D eigenvalue weighted by Gasteiger charge is -2.18. The van der Waals surface area contributed by atoms with Gasteiger partial charge in [-0.15, -0.1) is 0 Å². The number of rotatable bonds is 6. The Bertz CT molecular complexity index is 396. The van der Waals surface area contributed by atoms with Crippen molar-refractivity contribution in [1.29, 1.82) is 0 Å². The first-order valence-electron chi connectivity index (χ1n) is 5.94. The molecule has 1 unspecified atom stereocenters. The third kappa shape index (κ3) is 4.29. The van der Waals surface area contributed by atoms with Crippen LogP contribution in [0.15, 0.2) is 18.3 Å². The first-order chi connectivity index (χ1) is 8.58. The van der Waals surface area contributed by atoms with Gasteiger partial charge in [-0.2, -0.15) is 0 Å². The second-order valence-electron chi connectivity index (χ2n) is 4.51. The number of alkyl halides is 1. The Balaban J connectivity index is 2.74. The molecule has 0 saturated carbocycles. The zero-order chi connectivity index (χ0) is 13.5. The second kappa shape index (κ2) is 7.36. The molecular formula is C13H19BrN2O2. The van der Waals surface area contributed by atoms with Gasteiger partial charge in [0.25, 0.3) is 5.91 Å². The molecule has 1 atom stereocenters. The van der Waals surface area contributed by atoms with Crippen molar-refractivity contribution in [2.45, 2.75) is 26.3 Å². The van der Waals surface area contributed by atoms with Crippen LogP contribution in [0.4, 0.5) is 0 Å². The molecule has 18 heavy (non-hydrogen) atoms. The van der Waals surface area contributed by atoms with E-state index >= 15 is 0 Å². The van der Waals surface area contributed by atoms with Crippen molar-refractivity contribution in [2.75, 3.05) is 12.4 Å². The second-order valence-corrected chi connectivity index (χ2v) is 5.16. The number of carbonyl (C=O) groups is 1. The maximum absolute atomic E-state index is 12.1. The topological polar surface area (TPSA) is 51.2 Å². The lowest BCUT2D eigenvalue weighted by atomic mass is 10.0. The summed E-state index contributed by atoms with van der Waals surface area (Å²) in [5.74, 6) is 0.738. The summed E-state index contributed by atoms with van der Waals surface area (Å²) in [5.41, 5.74) is 0.467. The van der Waals surface area contributed by atoms with Gasteiger partial charge in [0.1, 0.15) is 5.56 Å². The number of aromatic nitrogens is 1. The van der Waals surface area contributed by atoms with Crippen LogP contribution in [-0.2, 0) is 0 Å². The van der Waals surface area contributed by atoms with Gasteiger partial charge in [-0.3, -0.25) is 4.79 Å². The van der Waals surface area contributed by atoms with Crippen molar-refractivity contribution >= 4 is 21.8 Å². The summed E-state index contributed by atoms with van der Waals surface area (Å²) in [7, 11) is 1.51. The minimum absolute atomic E-state index is 0.113. The van der Waals surface area contributed by atoms with E-state index in [0.717, 1.165) is 11.8 Å². The molecule has 5 heteroatoms. The molecule has 100 valence electrons. The van der Waals surface area contributed by atoms with Crippen LogP contribution < -0.4 is 10.1 Å². The number of halogens is 1. The van der Waals surface area contributed by atoms with Crippen molar-refractivity contribution in [3.05, 3.63) is 23.9 Å². The van der Waals surface area contributed by atoms with E-state index in [1.165, 1.54) is 7.11 Å². The highest BCUT2D eigenvalue weighted by molar-refractivity contribution is 9.09. The maximum Gasteiger partial charge on any atom is 0.257 e. The van der Waals surface area contributed by atoms with Crippen molar-refractivity contribution < 1.29 is 9.53 Å². The van der Waals surface area contributed by atoms with E-state index in [2.05, 4.69) is 40.1 Å². The Morgan fingerprint density at radius 2 is 2.28 bits per heavy atom. The van der Waals surface area contributed by atoms with E-state index < -0.39 is 0 Å². The largest absolute Gasteiger partial charge is 0.480 e. The van der Waals surface area contributed by atoms with Crippen LogP contribution in [0.2, 0.25) is 0 Å². The SMILES string of the molecule is COc1ncccc1C(=O)NC(CBr)CC(C)C. The van der Waals surface area contributed by atoms with Crippen molar-refractivity contribution in [3.8, 4) is 5.88 Å². The van der Waals surface area contributed by atoms with Gasteiger partial charge in [0.2, 0.25) is 5.88 Å². The van der Waals surface area contributed by atoms with Crippen LogP contribution in [0.25, 0.3) is 0 Å². The minimum Gasteiger partial charge on any atom is -0.480 e. The number of hydrogen-bond acceptors (Lipinski definition) is 3. The van der Waals surface area contributed by atoms with E-state index in [0.29, 0.717) is 17.4 Å². The van der Waals surface area contributed by atoms with E-state index in [1.54, 1.807) is 18.3 Å². The number of pyridine rings is 1. The van der Waals surface area contributed by atoms with Crippen molar-refractivity contribution in [2.24, 2.45) is 5.92 Å². The average Bonchev–Trinajstić information content (AvgIpc) is 2.37. The Morgan fingerprint density at radius 1 is 1.56 bits per heavy atom. The number of hydrogen-bond donors (Lipinski definition) is 1. The normalized spacial score (nSPS) is 12.3. The van der Waals surface area contributed by atoms with Gasteiger partial charge in [0.15, 0.2) is 0 Å². The number of nitrogens with one attached hydrogen (secondary N) is 1. The van der Waals surface area contributed by atoms with E-state index in [9.17, 15) is 4.79 Å². The highest BCUT2D eigenvalue weighted by atomic mass is 79.9. The quantitative estimate of drug-likeness (QED) is 0.821. The molecule has 0 fully saturated rings. The summed E-state index contributed by atoms with van der Waals surface area (Å²) < 4.78 is 5.08. The molecule has 1 rings (SSSR count). The van der Waals surface area contributed by atoms with E-state index in [4.69, 9.17) is 4.74 Å². The zero-order valence-corrected chi connectivity index (χ0v) is 12.5. The van der Waals surface area contributed by atoms with Gasteiger partial charge < -0.3 is 10.1 Å². The Hall–Kier alpha value is -1.10. The van der Waals surface area contributed by atoms with Gasteiger partial charge in [-0.05, 0) is 24.5 Å². The van der Waals surface area contributed by atoms with Crippen LogP contribution in [0, 0.1) is 5.92 Å². The zero-order valence-electron chi connectivity index (χ0n) is 10.9. The lowest BCUT2D eigenvalue weighted by Crippen LogP contribution is -2.37. The molecule has 1 aromatic rings. The summed E-state index contributed by atoms with van der Waals surface area (Å²) in [6, 6.07) is 3.55. The molecule has 0 aromatic carbocycles. The molecule has 1 amide bonds. The van der Waals surface area contributed by atoms with Gasteiger partial charge in [-0.1, -0.05) is 29.8 Å². The maximum atomic E-state index is 12.1. The molecule has 1 heterocycles. The first-order valence-corrected chi connectivity index (χ1v) is 7.06. The third-order valence-electron chi connectivity index (χ3n) is 2.49. The fourth-order valence-electron chi connectivity index (χ4n) is 1.72. The monoisotopic (exact) mass is 314 g/mol. The molecule has 0 saturated heterocycles. The number of amides is 1. The average molecular weight is 315 g/mol. The molecule has 4 nitrogen and oxygen atoms in total. The van der Waals surface area contributed by atoms with E-state index in [1.807, 2.05) is 0 Å². The fraction of sp³-hybridized carbons (Fsp3) is 0.538. The number of carbonyl (C=O) groups excluding carboxylic acids is 1. The van der Waals surface area contributed by atoms with Crippen LogP contribution in [-0.4, -0.2) is 29.4 Å². The predicted molar refractivity (Wildman–Crippen MR) is 75.3 cm³/mol. The summed E-state index contributed by atoms with van der Waals surface area (Å²) in [6.07, 6.45) is 2.53. The lowest BCUT2D eigenvalue weighted by molar-refractivity contribution is 0.0933. The van der Waals surface area contributed by atoms with Gasteiger partial charge in [0.05, 0.1) is 7.11 Å². The molecular weight excluding hydrogens is 296 g/mol. The Kier molecular flexibility index (Phi) is 6.12. The van der Waals surface area contributed by atoms with Gasteiger partial charge in [0, 0.05) is 17.6 Å². The summed E-state index contributed by atoms with van der Waals surface area (Å²) >= 11 is 3.42. The van der Waals surface area contributed by atoms with Gasteiger partial charge in [-0.25, -0.2) is 4.98 Å². The molecule has 0 aliphatic heterocycles. The number of methoxy groups -OCH3 is 1. The molecule has 1 N–H and O–H groups in total. The Morgan fingerprint density at radius 3 is 2.83 bits per heavy atom. The minimum atomic E-state index is -0.148. The number of ether oxygens (including phenoxy) is 1. The van der Waals surface area contributed by atoms with Crippen molar-refractivity contribution in [3.63, 3.8) is 0 Å². The van der Waals surface area contributed by atoms with Crippen LogP contribution >= 0.6 is 15.9 Å². The molecule has 0 aliphatic carbocycles. The molecule has 0 aliphatic rings. The molecule has 0 spiro atoms. The summed E-state index contributed by atoms with van der Waals surface area (Å²) in [4.78, 5) is 16.1. The third-order valence-corrected chi connectivity index (χ3v) is 3.27. The highest BCUT2D eigenvalue weighted by Gasteiger charge is 2.17. The van der Waals surface area contributed by atoms with E-state index in [-0.39, 0.29) is 11.9 Å². The fourth-order valence-corrected chi connectivity index (χ4v) is 2.15. The van der Waals surface area contributed by atoms with Gasteiger partial charge >= 0.3 is 0 Å². The summed E-state index contributed by atoms with van der Waals surface area (Å²) in [6.45, 7) is 4.26. The smallest absolute Gasteiger partial charge is 0.257 e. The molecule has 0 radical (unpaired) electrons. The molecule has 0 bridgehead atoms. The highest BCUT2D eigenvalue weighted by Crippen LogP contribution is 2.14. The predicted octanol–water partition coefficient (Wildman–Crippen LogP) is 2.63.